The molecule has 0 aliphatic heterocycles. The summed E-state index contributed by atoms with van der Waals surface area (Å²) in [6.45, 7) is 9.19. The van der Waals surface area contributed by atoms with Gasteiger partial charge in [-0.2, -0.15) is 8.42 Å². The first-order valence-corrected chi connectivity index (χ1v) is 12.4. The minimum absolute atomic E-state index is 0.125. The van der Waals surface area contributed by atoms with E-state index in [9.17, 15) is 13.2 Å². The number of benzene rings is 1. The van der Waals surface area contributed by atoms with E-state index in [1.54, 1.807) is 45.0 Å². The Kier molecular flexibility index (Phi) is 8.73. The van der Waals surface area contributed by atoms with Crippen LogP contribution in [-0.2, 0) is 19.0 Å². The van der Waals surface area contributed by atoms with Crippen molar-refractivity contribution in [3.05, 3.63) is 29.8 Å². The predicted molar refractivity (Wildman–Crippen MR) is 118 cm³/mol. The molecule has 0 spiro atoms. The number of aryl methyl sites for hydroxylation is 1. The summed E-state index contributed by atoms with van der Waals surface area (Å²) in [5, 5.41) is 2.90. The Hall–Kier alpha value is -1.60. The number of hydrogen-bond acceptors (Lipinski definition) is 5. The number of carbonyl (C=O) groups excluding carboxylic acids is 1. The first-order chi connectivity index (χ1) is 14.0. The van der Waals surface area contributed by atoms with Gasteiger partial charge < -0.3 is 10.1 Å². The van der Waals surface area contributed by atoms with Crippen molar-refractivity contribution < 1.29 is 22.1 Å². The Morgan fingerprint density at radius 2 is 1.73 bits per heavy atom. The quantitative estimate of drug-likeness (QED) is 0.553. The summed E-state index contributed by atoms with van der Waals surface area (Å²) in [5.74, 6) is 0.443. The molecule has 30 heavy (non-hydrogen) atoms. The topological polar surface area (TPSA) is 81.7 Å². The second-order valence-corrected chi connectivity index (χ2v) is 10.9. The molecule has 7 heteroatoms. The highest BCUT2D eigenvalue weighted by Crippen LogP contribution is 2.30. The van der Waals surface area contributed by atoms with E-state index >= 15 is 0 Å². The number of hydrogen-bond donors (Lipinski definition) is 1. The molecule has 1 aliphatic rings. The minimum atomic E-state index is -3.94. The number of nitrogens with one attached hydrogen (secondary N) is 1. The maximum Gasteiger partial charge on any atom is 0.407 e. The zero-order valence-electron chi connectivity index (χ0n) is 18.9. The first-order valence-electron chi connectivity index (χ1n) is 11.0. The van der Waals surface area contributed by atoms with Gasteiger partial charge in [-0.25, -0.2) is 4.79 Å². The summed E-state index contributed by atoms with van der Waals surface area (Å²) in [4.78, 5) is 12.6. The van der Waals surface area contributed by atoms with E-state index in [1.807, 2.05) is 13.8 Å². The largest absolute Gasteiger partial charge is 0.444 e. The lowest BCUT2D eigenvalue weighted by molar-refractivity contribution is 0.0420. The van der Waals surface area contributed by atoms with Crippen molar-refractivity contribution in [1.29, 1.82) is 0 Å². The highest BCUT2D eigenvalue weighted by atomic mass is 32.2. The van der Waals surface area contributed by atoms with Crippen LogP contribution in [0.2, 0.25) is 0 Å². The van der Waals surface area contributed by atoms with Gasteiger partial charge in [0.25, 0.3) is 10.1 Å². The molecule has 1 aliphatic carbocycles. The number of carbonyl (C=O) groups is 1. The molecule has 1 saturated carbocycles. The van der Waals surface area contributed by atoms with Crippen molar-refractivity contribution in [2.45, 2.75) is 102 Å². The third-order valence-electron chi connectivity index (χ3n) is 5.43. The van der Waals surface area contributed by atoms with Crippen LogP contribution < -0.4 is 5.32 Å². The maximum absolute atomic E-state index is 12.9. The maximum atomic E-state index is 12.9. The third kappa shape index (κ3) is 7.91. The lowest BCUT2D eigenvalue weighted by atomic mass is 9.83. The number of ether oxygens (including phenoxy) is 1. The van der Waals surface area contributed by atoms with E-state index in [-0.39, 0.29) is 4.90 Å². The van der Waals surface area contributed by atoms with E-state index < -0.39 is 34.0 Å². The lowest BCUT2D eigenvalue weighted by Gasteiger charge is -2.32. The summed E-state index contributed by atoms with van der Waals surface area (Å²) in [6, 6.07) is 6.16. The summed E-state index contributed by atoms with van der Waals surface area (Å²) >= 11 is 0. The molecule has 0 bridgehead atoms. The van der Waals surface area contributed by atoms with Crippen LogP contribution in [0.1, 0.15) is 78.2 Å². The molecule has 0 radical (unpaired) electrons. The SMILES string of the molecule is CCC(OS(=O)(=O)c1ccc(C)cc1)[C@H](CC1CCCCC1)NC(=O)OC(C)(C)C. The van der Waals surface area contributed by atoms with Gasteiger partial charge in [-0.05, 0) is 58.6 Å². The monoisotopic (exact) mass is 439 g/mol. The molecular formula is C23H37NO5S. The van der Waals surface area contributed by atoms with E-state index in [1.165, 1.54) is 19.3 Å². The van der Waals surface area contributed by atoms with Crippen LogP contribution in [-0.4, -0.2) is 32.3 Å². The van der Waals surface area contributed by atoms with Gasteiger partial charge in [-0.1, -0.05) is 56.7 Å². The van der Waals surface area contributed by atoms with Gasteiger partial charge in [0, 0.05) is 0 Å². The van der Waals surface area contributed by atoms with Crippen molar-refractivity contribution >= 4 is 16.2 Å². The molecule has 1 unspecified atom stereocenters. The molecule has 2 rings (SSSR count). The molecule has 0 aromatic heterocycles. The fourth-order valence-electron chi connectivity index (χ4n) is 3.89. The smallest absolute Gasteiger partial charge is 0.407 e. The first kappa shape index (κ1) is 24.7. The minimum Gasteiger partial charge on any atom is -0.444 e. The Labute approximate surface area is 181 Å². The molecule has 0 heterocycles. The average Bonchev–Trinajstić information content (AvgIpc) is 2.65. The van der Waals surface area contributed by atoms with Crippen LogP contribution in [0.4, 0.5) is 4.79 Å². The second-order valence-electron chi connectivity index (χ2n) is 9.30. The van der Waals surface area contributed by atoms with Gasteiger partial charge in [0.05, 0.1) is 17.0 Å². The van der Waals surface area contributed by atoms with Crippen molar-refractivity contribution in [2.75, 3.05) is 0 Å². The van der Waals surface area contributed by atoms with Gasteiger partial charge in [0.2, 0.25) is 0 Å². The Morgan fingerprint density at radius 1 is 1.13 bits per heavy atom. The highest BCUT2D eigenvalue weighted by molar-refractivity contribution is 7.86. The Bertz CT molecular complexity index is 777. The zero-order valence-corrected chi connectivity index (χ0v) is 19.8. The fourth-order valence-corrected chi connectivity index (χ4v) is 5.06. The Balaban J connectivity index is 2.19. The second kappa shape index (κ2) is 10.6. The van der Waals surface area contributed by atoms with Gasteiger partial charge >= 0.3 is 6.09 Å². The molecule has 1 N–H and O–H groups in total. The molecule has 2 atom stereocenters. The number of amides is 1. The summed E-state index contributed by atoms with van der Waals surface area (Å²) in [5.41, 5.74) is 0.346. The predicted octanol–water partition coefficient (Wildman–Crippen LogP) is 5.34. The van der Waals surface area contributed by atoms with Gasteiger partial charge in [-0.15, -0.1) is 0 Å². The van der Waals surface area contributed by atoms with Gasteiger partial charge in [0.1, 0.15) is 5.60 Å². The van der Waals surface area contributed by atoms with Crippen LogP contribution >= 0.6 is 0 Å². The zero-order chi connectivity index (χ0) is 22.4. The van der Waals surface area contributed by atoms with E-state index in [0.717, 1.165) is 18.4 Å². The third-order valence-corrected chi connectivity index (χ3v) is 6.78. The molecular weight excluding hydrogens is 402 g/mol. The summed E-state index contributed by atoms with van der Waals surface area (Å²) in [7, 11) is -3.94. The molecule has 1 aromatic carbocycles. The molecule has 0 saturated heterocycles. The van der Waals surface area contributed by atoms with Crippen molar-refractivity contribution in [1.82, 2.24) is 5.32 Å². The highest BCUT2D eigenvalue weighted by Gasteiger charge is 2.32. The normalized spacial score (nSPS) is 17.9. The lowest BCUT2D eigenvalue weighted by Crippen LogP contribution is -2.48. The Morgan fingerprint density at radius 3 is 2.27 bits per heavy atom. The molecule has 1 fully saturated rings. The molecule has 1 aromatic rings. The molecule has 170 valence electrons. The van der Waals surface area contributed by atoms with Gasteiger partial charge in [-0.3, -0.25) is 4.18 Å². The van der Waals surface area contributed by atoms with E-state index in [2.05, 4.69) is 5.32 Å². The van der Waals surface area contributed by atoms with Crippen LogP contribution in [0.5, 0.6) is 0 Å². The fraction of sp³-hybridized carbons (Fsp3) is 0.696. The van der Waals surface area contributed by atoms with E-state index in [0.29, 0.717) is 18.8 Å². The number of alkyl carbamates (subject to hydrolysis) is 1. The van der Waals surface area contributed by atoms with Crippen molar-refractivity contribution in [2.24, 2.45) is 5.92 Å². The summed E-state index contributed by atoms with van der Waals surface area (Å²) in [6.07, 6.45) is 5.69. The average molecular weight is 440 g/mol. The van der Waals surface area contributed by atoms with Gasteiger partial charge in [0.15, 0.2) is 0 Å². The van der Waals surface area contributed by atoms with Crippen LogP contribution in [0.25, 0.3) is 0 Å². The van der Waals surface area contributed by atoms with Crippen LogP contribution in [0.15, 0.2) is 29.2 Å². The van der Waals surface area contributed by atoms with Crippen molar-refractivity contribution in [3.8, 4) is 0 Å². The van der Waals surface area contributed by atoms with Crippen molar-refractivity contribution in [3.63, 3.8) is 0 Å². The molecule has 1 amide bonds. The van der Waals surface area contributed by atoms with Crippen LogP contribution in [0, 0.1) is 12.8 Å². The molecule has 6 nitrogen and oxygen atoms in total. The van der Waals surface area contributed by atoms with Crippen LogP contribution in [0.3, 0.4) is 0 Å². The summed E-state index contributed by atoms with van der Waals surface area (Å²) < 4.78 is 36.8. The van der Waals surface area contributed by atoms with E-state index in [4.69, 9.17) is 8.92 Å². The standard InChI is InChI=1S/C23H37NO5S/c1-6-21(29-30(26,27)19-14-12-17(2)13-15-19)20(16-18-10-8-7-9-11-18)24-22(25)28-23(3,4)5/h12-15,18,20-21H,6-11,16H2,1-5H3,(H,24,25)/t20-,21?/m0/s1. The number of rotatable bonds is 8.